The van der Waals surface area contributed by atoms with E-state index in [1.54, 1.807) is 66.9 Å². The molecule has 0 spiro atoms. The third kappa shape index (κ3) is 5.39. The van der Waals surface area contributed by atoms with Crippen LogP contribution in [0.4, 0.5) is 11.6 Å². The summed E-state index contributed by atoms with van der Waals surface area (Å²) in [4.78, 5) is 45.9. The number of carbonyl (C=O) groups is 1. The molecule has 2 aromatic carbocycles. The Bertz CT molecular complexity index is 1530. The number of halogens is 1. The molecular formula is C26H22ClN5O5. The number of pyridine rings is 1. The van der Waals surface area contributed by atoms with Gasteiger partial charge in [0.15, 0.2) is 0 Å². The van der Waals surface area contributed by atoms with Crippen molar-refractivity contribution >= 4 is 29.2 Å². The lowest BCUT2D eigenvalue weighted by Gasteiger charge is -2.33. The van der Waals surface area contributed by atoms with Gasteiger partial charge in [0.25, 0.3) is 0 Å². The smallest absolute Gasteiger partial charge is 0.355 e. The molecule has 5 rings (SSSR count). The summed E-state index contributed by atoms with van der Waals surface area (Å²) in [7, 11) is 0. The van der Waals surface area contributed by atoms with E-state index in [0.29, 0.717) is 22.3 Å². The van der Waals surface area contributed by atoms with E-state index in [1.165, 1.54) is 4.57 Å². The highest BCUT2D eigenvalue weighted by molar-refractivity contribution is 6.30. The second kappa shape index (κ2) is 10.3. The summed E-state index contributed by atoms with van der Waals surface area (Å²) in [6, 6.07) is 18.7. The van der Waals surface area contributed by atoms with Gasteiger partial charge in [0.1, 0.15) is 5.75 Å². The van der Waals surface area contributed by atoms with Crippen molar-refractivity contribution in [1.82, 2.24) is 19.1 Å². The van der Waals surface area contributed by atoms with Crippen molar-refractivity contribution in [2.45, 2.75) is 25.4 Å². The number of carboxylic acids is 1. The van der Waals surface area contributed by atoms with Gasteiger partial charge in [-0.1, -0.05) is 29.8 Å². The van der Waals surface area contributed by atoms with Crippen molar-refractivity contribution in [1.29, 1.82) is 0 Å². The largest absolute Gasteiger partial charge is 0.481 e. The Kier molecular flexibility index (Phi) is 6.74. The molecule has 10 nitrogen and oxygen atoms in total. The van der Waals surface area contributed by atoms with Gasteiger partial charge in [-0.2, -0.15) is 4.98 Å². The number of nitrogens with zero attached hydrogens (tertiary/aromatic N) is 4. The molecule has 2 aromatic heterocycles. The highest BCUT2D eigenvalue weighted by Gasteiger charge is 2.37. The van der Waals surface area contributed by atoms with Gasteiger partial charge in [-0.05, 0) is 60.9 Å². The maximum atomic E-state index is 13.5. The highest BCUT2D eigenvalue weighted by atomic mass is 35.5. The molecule has 2 N–H and O–H groups in total. The molecule has 1 saturated carbocycles. The Hall–Kier alpha value is -4.44. The average molecular weight is 520 g/mol. The Morgan fingerprint density at radius 2 is 1.78 bits per heavy atom. The average Bonchev–Trinajstić information content (AvgIpc) is 2.85. The molecule has 1 aliphatic rings. The number of aromatic nitrogens is 4. The van der Waals surface area contributed by atoms with Crippen LogP contribution >= 0.6 is 11.6 Å². The van der Waals surface area contributed by atoms with Crippen molar-refractivity contribution in [3.63, 3.8) is 0 Å². The second-order valence-corrected chi connectivity index (χ2v) is 9.10. The van der Waals surface area contributed by atoms with Gasteiger partial charge < -0.3 is 15.2 Å². The molecule has 0 radical (unpaired) electrons. The summed E-state index contributed by atoms with van der Waals surface area (Å²) in [5.41, 5.74) is 0.0553. The molecule has 0 aliphatic heterocycles. The van der Waals surface area contributed by atoms with Crippen LogP contribution < -0.4 is 21.4 Å². The molecule has 0 saturated heterocycles. The Balaban J connectivity index is 1.45. The number of benzene rings is 2. The number of ether oxygens (including phenoxy) is 1. The van der Waals surface area contributed by atoms with Crippen molar-refractivity contribution in [2.75, 3.05) is 5.32 Å². The van der Waals surface area contributed by atoms with Gasteiger partial charge in [-0.3, -0.25) is 9.36 Å². The zero-order chi connectivity index (χ0) is 25.9. The second-order valence-electron chi connectivity index (χ2n) is 8.66. The van der Waals surface area contributed by atoms with Gasteiger partial charge in [-0.15, -0.1) is 0 Å². The number of rotatable bonds is 8. The van der Waals surface area contributed by atoms with Crippen LogP contribution in [-0.2, 0) is 11.3 Å². The number of carboxylic acid groups (broad SMARTS) is 1. The standard InChI is InChI=1S/C26H22ClN5O5/c27-18-6-4-16(5-7-18)15-31-24(30-25(35)32(26(31)36)20-13-17(14-20)23(33)34)29-19-8-10-21(11-9-19)37-22-3-1-2-12-28-22/h1-12,17,20H,13-15H2,(H,33,34)(H,29,30,35). The van der Waals surface area contributed by atoms with E-state index in [9.17, 15) is 19.5 Å². The summed E-state index contributed by atoms with van der Waals surface area (Å²) < 4.78 is 8.11. The number of anilines is 2. The maximum Gasteiger partial charge on any atom is 0.355 e. The van der Waals surface area contributed by atoms with Crippen LogP contribution in [0.25, 0.3) is 0 Å². The van der Waals surface area contributed by atoms with Gasteiger partial charge in [0.05, 0.1) is 12.5 Å². The molecular weight excluding hydrogens is 498 g/mol. The quantitative estimate of drug-likeness (QED) is 0.356. The lowest BCUT2D eigenvalue weighted by molar-refractivity contribution is -0.146. The molecule has 0 bridgehead atoms. The minimum Gasteiger partial charge on any atom is -0.481 e. The number of aliphatic carboxylic acids is 1. The topological polar surface area (TPSA) is 128 Å². The number of hydrogen-bond donors (Lipinski definition) is 2. The lowest BCUT2D eigenvalue weighted by atomic mass is 9.80. The Labute approximate surface area is 215 Å². The number of nitrogens with one attached hydrogen (secondary N) is 1. The molecule has 11 heteroatoms. The third-order valence-electron chi connectivity index (χ3n) is 6.15. The number of hydrogen-bond acceptors (Lipinski definition) is 7. The van der Waals surface area contributed by atoms with Crippen molar-refractivity contribution in [2.24, 2.45) is 5.92 Å². The summed E-state index contributed by atoms with van der Waals surface area (Å²) in [5, 5.41) is 12.8. The lowest BCUT2D eigenvalue weighted by Crippen LogP contribution is -2.48. The van der Waals surface area contributed by atoms with E-state index in [0.717, 1.165) is 10.1 Å². The minimum absolute atomic E-state index is 0.0636. The zero-order valence-electron chi connectivity index (χ0n) is 19.5. The molecule has 0 amide bonds. The zero-order valence-corrected chi connectivity index (χ0v) is 20.2. The monoisotopic (exact) mass is 519 g/mol. The highest BCUT2D eigenvalue weighted by Crippen LogP contribution is 2.36. The summed E-state index contributed by atoms with van der Waals surface area (Å²) in [5.74, 6) is -0.442. The van der Waals surface area contributed by atoms with Crippen LogP contribution in [-0.4, -0.2) is 30.2 Å². The van der Waals surface area contributed by atoms with E-state index in [1.807, 2.05) is 6.07 Å². The molecule has 0 unspecified atom stereocenters. The molecule has 1 aliphatic carbocycles. The first kappa shape index (κ1) is 24.3. The van der Waals surface area contributed by atoms with E-state index in [2.05, 4.69) is 15.3 Å². The minimum atomic E-state index is -0.937. The molecule has 188 valence electrons. The molecule has 1 fully saturated rings. The van der Waals surface area contributed by atoms with Crippen LogP contribution in [0.15, 0.2) is 82.5 Å². The predicted octanol–water partition coefficient (Wildman–Crippen LogP) is 4.07. The van der Waals surface area contributed by atoms with E-state index in [-0.39, 0.29) is 25.3 Å². The van der Waals surface area contributed by atoms with Crippen LogP contribution in [0.3, 0.4) is 0 Å². The predicted molar refractivity (Wildman–Crippen MR) is 137 cm³/mol. The van der Waals surface area contributed by atoms with Gasteiger partial charge >= 0.3 is 17.3 Å². The molecule has 37 heavy (non-hydrogen) atoms. The van der Waals surface area contributed by atoms with E-state index in [4.69, 9.17) is 16.3 Å². The first-order valence-electron chi connectivity index (χ1n) is 11.5. The summed E-state index contributed by atoms with van der Waals surface area (Å²) in [6.45, 7) is 0.127. The third-order valence-corrected chi connectivity index (χ3v) is 6.40. The fraction of sp³-hybridized carbons (Fsp3) is 0.192. The Morgan fingerprint density at radius 1 is 1.05 bits per heavy atom. The van der Waals surface area contributed by atoms with Crippen LogP contribution in [0.2, 0.25) is 5.02 Å². The van der Waals surface area contributed by atoms with Gasteiger partial charge in [0.2, 0.25) is 11.8 Å². The molecule has 4 aromatic rings. The Morgan fingerprint density at radius 3 is 2.43 bits per heavy atom. The fourth-order valence-corrected chi connectivity index (χ4v) is 4.22. The molecule has 0 atom stereocenters. The van der Waals surface area contributed by atoms with Crippen LogP contribution in [0.5, 0.6) is 11.6 Å². The van der Waals surface area contributed by atoms with Crippen molar-refractivity contribution in [3.8, 4) is 11.6 Å². The normalized spacial score (nSPS) is 16.6. The SMILES string of the molecule is O=C(O)C1CC(n2c(=O)nc(Nc3ccc(Oc4ccccn4)cc3)n(Cc3ccc(Cl)cc3)c2=O)C1. The first-order chi connectivity index (χ1) is 17.9. The maximum absolute atomic E-state index is 13.5. The molecule has 2 heterocycles. The fourth-order valence-electron chi connectivity index (χ4n) is 4.09. The van der Waals surface area contributed by atoms with Crippen molar-refractivity contribution in [3.05, 3.63) is 104 Å². The van der Waals surface area contributed by atoms with E-state index >= 15 is 0 Å². The van der Waals surface area contributed by atoms with Gasteiger partial charge in [0, 0.05) is 29.0 Å². The van der Waals surface area contributed by atoms with Crippen LogP contribution in [0, 0.1) is 5.92 Å². The summed E-state index contributed by atoms with van der Waals surface area (Å²) >= 11 is 6.00. The van der Waals surface area contributed by atoms with Crippen molar-refractivity contribution < 1.29 is 14.6 Å². The van der Waals surface area contributed by atoms with Gasteiger partial charge in [-0.25, -0.2) is 19.1 Å². The summed E-state index contributed by atoms with van der Waals surface area (Å²) in [6.07, 6.45) is 2.04. The van der Waals surface area contributed by atoms with Crippen LogP contribution in [0.1, 0.15) is 24.4 Å². The first-order valence-corrected chi connectivity index (χ1v) is 11.9. The van der Waals surface area contributed by atoms with E-state index < -0.39 is 29.3 Å².